The molecule has 1 unspecified atom stereocenters. The molecule has 88 valence electrons. The van der Waals surface area contributed by atoms with Crippen LogP contribution in [-0.4, -0.2) is 33.6 Å². The second kappa shape index (κ2) is 5.29. The lowest BCUT2D eigenvalue weighted by Gasteiger charge is -2.27. The largest absolute Gasteiger partial charge is 0.481 e. The van der Waals surface area contributed by atoms with Gasteiger partial charge < -0.3 is 15.0 Å². The number of carbonyl (C=O) groups is 1. The van der Waals surface area contributed by atoms with Gasteiger partial charge in [-0.3, -0.25) is 9.59 Å². The topological polar surface area (TPSA) is 86.3 Å². The van der Waals surface area contributed by atoms with Crippen molar-refractivity contribution in [1.29, 1.82) is 0 Å². The lowest BCUT2D eigenvalue weighted by molar-refractivity contribution is -0.137. The van der Waals surface area contributed by atoms with E-state index in [1.807, 2.05) is 6.92 Å². The fourth-order valence-electron chi connectivity index (χ4n) is 1.58. The third-order valence-electron chi connectivity index (χ3n) is 2.30. The molecule has 0 saturated carbocycles. The number of hydrogen-bond donors (Lipinski definition) is 2. The minimum Gasteiger partial charge on any atom is -0.481 e. The van der Waals surface area contributed by atoms with E-state index in [4.69, 9.17) is 5.11 Å². The van der Waals surface area contributed by atoms with Gasteiger partial charge in [-0.1, -0.05) is 0 Å². The van der Waals surface area contributed by atoms with Crippen molar-refractivity contribution in [2.24, 2.45) is 0 Å². The first kappa shape index (κ1) is 12.2. The van der Waals surface area contributed by atoms with Gasteiger partial charge in [0.05, 0.1) is 12.7 Å². The second-order valence-corrected chi connectivity index (χ2v) is 3.50. The van der Waals surface area contributed by atoms with E-state index >= 15 is 0 Å². The molecule has 0 bridgehead atoms. The number of carboxylic acids is 1. The number of nitrogens with zero attached hydrogens (tertiary/aromatic N) is 2. The van der Waals surface area contributed by atoms with Crippen LogP contribution in [0.5, 0.6) is 0 Å². The molecule has 0 radical (unpaired) electrons. The van der Waals surface area contributed by atoms with E-state index in [-0.39, 0.29) is 18.0 Å². The zero-order chi connectivity index (χ0) is 12.1. The molecule has 1 heterocycles. The SMILES string of the molecule is CCN(c1cc(=O)[nH]cn1)C(C)CC(=O)O. The van der Waals surface area contributed by atoms with Crippen LogP contribution < -0.4 is 10.5 Å². The van der Waals surface area contributed by atoms with Crippen LogP contribution in [-0.2, 0) is 4.79 Å². The molecule has 0 spiro atoms. The van der Waals surface area contributed by atoms with Crippen molar-refractivity contribution in [3.05, 3.63) is 22.7 Å². The minimum atomic E-state index is -0.865. The van der Waals surface area contributed by atoms with Crippen molar-refractivity contribution in [2.75, 3.05) is 11.4 Å². The normalized spacial score (nSPS) is 12.1. The van der Waals surface area contributed by atoms with Gasteiger partial charge in [0.2, 0.25) is 0 Å². The van der Waals surface area contributed by atoms with Crippen LogP contribution in [0, 0.1) is 0 Å². The van der Waals surface area contributed by atoms with E-state index in [0.29, 0.717) is 12.4 Å². The molecule has 2 N–H and O–H groups in total. The Balaban J connectivity index is 2.89. The van der Waals surface area contributed by atoms with E-state index in [0.717, 1.165) is 0 Å². The second-order valence-electron chi connectivity index (χ2n) is 3.50. The summed E-state index contributed by atoms with van der Waals surface area (Å²) in [6, 6.07) is 1.17. The van der Waals surface area contributed by atoms with Gasteiger partial charge in [-0.05, 0) is 13.8 Å². The van der Waals surface area contributed by atoms with E-state index < -0.39 is 5.97 Å². The van der Waals surface area contributed by atoms with E-state index in [1.54, 1.807) is 11.8 Å². The van der Waals surface area contributed by atoms with E-state index in [2.05, 4.69) is 9.97 Å². The molecular formula is C10H15N3O3. The number of anilines is 1. The highest BCUT2D eigenvalue weighted by molar-refractivity contribution is 5.68. The Labute approximate surface area is 92.9 Å². The Morgan fingerprint density at radius 3 is 2.88 bits per heavy atom. The quantitative estimate of drug-likeness (QED) is 0.760. The Morgan fingerprint density at radius 1 is 1.69 bits per heavy atom. The van der Waals surface area contributed by atoms with Gasteiger partial charge in [0.15, 0.2) is 0 Å². The maximum atomic E-state index is 11.1. The number of carboxylic acid groups (broad SMARTS) is 1. The van der Waals surface area contributed by atoms with Crippen molar-refractivity contribution in [2.45, 2.75) is 26.3 Å². The summed E-state index contributed by atoms with van der Waals surface area (Å²) in [6.45, 7) is 4.28. The summed E-state index contributed by atoms with van der Waals surface area (Å²) in [5, 5.41) is 8.71. The van der Waals surface area contributed by atoms with Crippen LogP contribution in [0.15, 0.2) is 17.2 Å². The van der Waals surface area contributed by atoms with Gasteiger partial charge in [0, 0.05) is 18.7 Å². The highest BCUT2D eigenvalue weighted by atomic mass is 16.4. The lowest BCUT2D eigenvalue weighted by Crippen LogP contribution is -2.35. The first-order chi connectivity index (χ1) is 7.54. The molecule has 0 aliphatic rings. The molecule has 6 nitrogen and oxygen atoms in total. The first-order valence-electron chi connectivity index (χ1n) is 5.07. The number of nitrogens with one attached hydrogen (secondary N) is 1. The van der Waals surface area contributed by atoms with Crippen molar-refractivity contribution >= 4 is 11.8 Å². The van der Waals surface area contributed by atoms with Gasteiger partial charge in [-0.15, -0.1) is 0 Å². The molecule has 1 atom stereocenters. The number of H-pyrrole nitrogens is 1. The van der Waals surface area contributed by atoms with Gasteiger partial charge in [0.1, 0.15) is 5.82 Å². The van der Waals surface area contributed by atoms with Crippen LogP contribution in [0.25, 0.3) is 0 Å². The van der Waals surface area contributed by atoms with Gasteiger partial charge in [-0.2, -0.15) is 0 Å². The Hall–Kier alpha value is -1.85. The molecule has 0 aliphatic carbocycles. The van der Waals surface area contributed by atoms with Gasteiger partial charge >= 0.3 is 5.97 Å². The molecule has 1 rings (SSSR count). The number of aliphatic carboxylic acids is 1. The summed E-state index contributed by atoms with van der Waals surface area (Å²) >= 11 is 0. The highest BCUT2D eigenvalue weighted by Gasteiger charge is 2.17. The fraction of sp³-hybridized carbons (Fsp3) is 0.500. The van der Waals surface area contributed by atoms with Crippen molar-refractivity contribution < 1.29 is 9.90 Å². The van der Waals surface area contributed by atoms with Crippen LogP contribution in [0.4, 0.5) is 5.82 Å². The summed E-state index contributed by atoms with van der Waals surface area (Å²) < 4.78 is 0. The molecule has 16 heavy (non-hydrogen) atoms. The highest BCUT2D eigenvalue weighted by Crippen LogP contribution is 2.12. The molecule has 0 amide bonds. The standard InChI is InChI=1S/C10H15N3O3/c1-3-13(7(2)4-10(15)16)8-5-9(14)12-6-11-8/h5-7H,3-4H2,1-2H3,(H,15,16)(H,11,12,14). The molecule has 0 saturated heterocycles. The Bertz CT molecular complexity index is 416. The third kappa shape index (κ3) is 3.08. The smallest absolute Gasteiger partial charge is 0.305 e. The summed E-state index contributed by atoms with van der Waals surface area (Å²) in [5.41, 5.74) is -0.244. The average molecular weight is 225 g/mol. The van der Waals surface area contributed by atoms with Crippen LogP contribution in [0.3, 0.4) is 0 Å². The Kier molecular flexibility index (Phi) is 4.04. The number of aromatic amines is 1. The summed E-state index contributed by atoms with van der Waals surface area (Å²) in [6.07, 6.45) is 1.33. The molecule has 6 heteroatoms. The number of rotatable bonds is 5. The van der Waals surface area contributed by atoms with Crippen LogP contribution in [0.1, 0.15) is 20.3 Å². The van der Waals surface area contributed by atoms with Crippen molar-refractivity contribution in [1.82, 2.24) is 9.97 Å². The summed E-state index contributed by atoms with van der Waals surface area (Å²) in [7, 11) is 0. The predicted octanol–water partition coefficient (Wildman–Crippen LogP) is 0.459. The zero-order valence-corrected chi connectivity index (χ0v) is 9.30. The molecular weight excluding hydrogens is 210 g/mol. The van der Waals surface area contributed by atoms with E-state index in [1.165, 1.54) is 12.4 Å². The summed E-state index contributed by atoms with van der Waals surface area (Å²) in [4.78, 5) is 29.9. The van der Waals surface area contributed by atoms with Crippen LogP contribution >= 0.6 is 0 Å². The fourth-order valence-corrected chi connectivity index (χ4v) is 1.58. The van der Waals surface area contributed by atoms with Crippen molar-refractivity contribution in [3.8, 4) is 0 Å². The number of hydrogen-bond acceptors (Lipinski definition) is 4. The maximum absolute atomic E-state index is 11.1. The zero-order valence-electron chi connectivity index (χ0n) is 9.30. The number of aromatic nitrogens is 2. The monoisotopic (exact) mass is 225 g/mol. The Morgan fingerprint density at radius 2 is 2.38 bits per heavy atom. The van der Waals surface area contributed by atoms with Crippen LogP contribution in [0.2, 0.25) is 0 Å². The first-order valence-corrected chi connectivity index (χ1v) is 5.07. The minimum absolute atomic E-state index is 0.0162. The van der Waals surface area contributed by atoms with Crippen molar-refractivity contribution in [3.63, 3.8) is 0 Å². The molecule has 0 fully saturated rings. The third-order valence-corrected chi connectivity index (χ3v) is 2.30. The van der Waals surface area contributed by atoms with Gasteiger partial charge in [0.25, 0.3) is 5.56 Å². The summed E-state index contributed by atoms with van der Waals surface area (Å²) in [5.74, 6) is -0.365. The molecule has 0 aliphatic heterocycles. The average Bonchev–Trinajstić information content (AvgIpc) is 2.17. The molecule has 1 aromatic heterocycles. The van der Waals surface area contributed by atoms with Gasteiger partial charge in [-0.25, -0.2) is 4.98 Å². The molecule has 0 aromatic carbocycles. The maximum Gasteiger partial charge on any atom is 0.305 e. The lowest BCUT2D eigenvalue weighted by atomic mass is 10.2. The molecule has 1 aromatic rings. The van der Waals surface area contributed by atoms with E-state index in [9.17, 15) is 9.59 Å². The predicted molar refractivity (Wildman–Crippen MR) is 59.6 cm³/mol.